The standard InChI is InChI=1S/C20H31NO2/c1-9-12-23-18-16(19(3,4)5)11-10-15(13-21-14(2)22)17(18)20(6,7)8/h9-11H,1,12-13H2,2-8H3,(H,21,22). The summed E-state index contributed by atoms with van der Waals surface area (Å²) < 4.78 is 6.09. The molecule has 1 aromatic rings. The fraction of sp³-hybridized carbons (Fsp3) is 0.550. The van der Waals surface area contributed by atoms with Crippen LogP contribution in [0.2, 0.25) is 0 Å². The Morgan fingerprint density at radius 2 is 1.78 bits per heavy atom. The average molecular weight is 317 g/mol. The lowest BCUT2D eigenvalue weighted by Gasteiger charge is -2.31. The summed E-state index contributed by atoms with van der Waals surface area (Å²) in [4.78, 5) is 11.3. The van der Waals surface area contributed by atoms with Crippen molar-refractivity contribution in [3.63, 3.8) is 0 Å². The Morgan fingerprint density at radius 3 is 2.22 bits per heavy atom. The predicted octanol–water partition coefficient (Wildman–Crippen LogP) is 4.48. The van der Waals surface area contributed by atoms with Crippen LogP contribution in [-0.4, -0.2) is 12.5 Å². The molecular formula is C20H31NO2. The van der Waals surface area contributed by atoms with Crippen LogP contribution in [0.25, 0.3) is 0 Å². The van der Waals surface area contributed by atoms with Crippen LogP contribution in [0.15, 0.2) is 24.8 Å². The first-order valence-corrected chi connectivity index (χ1v) is 8.13. The molecule has 0 aromatic heterocycles. The number of carbonyl (C=O) groups excluding carboxylic acids is 1. The molecule has 23 heavy (non-hydrogen) atoms. The molecule has 0 heterocycles. The highest BCUT2D eigenvalue weighted by atomic mass is 16.5. The highest BCUT2D eigenvalue weighted by Crippen LogP contribution is 2.41. The summed E-state index contributed by atoms with van der Waals surface area (Å²) >= 11 is 0. The summed E-state index contributed by atoms with van der Waals surface area (Å²) in [5.41, 5.74) is 3.31. The Hall–Kier alpha value is -1.77. The van der Waals surface area contributed by atoms with E-state index in [1.165, 1.54) is 12.5 Å². The molecule has 0 unspecified atom stereocenters. The van der Waals surface area contributed by atoms with E-state index in [1.807, 2.05) is 0 Å². The number of carbonyl (C=O) groups is 1. The van der Waals surface area contributed by atoms with Crippen molar-refractivity contribution in [1.29, 1.82) is 0 Å². The van der Waals surface area contributed by atoms with Gasteiger partial charge in [0.2, 0.25) is 5.91 Å². The summed E-state index contributed by atoms with van der Waals surface area (Å²) in [5, 5.41) is 2.90. The minimum atomic E-state index is -0.0917. The first kappa shape index (κ1) is 19.3. The van der Waals surface area contributed by atoms with Gasteiger partial charge in [0.1, 0.15) is 12.4 Å². The summed E-state index contributed by atoms with van der Waals surface area (Å²) in [6.07, 6.45) is 1.76. The molecule has 3 heteroatoms. The largest absolute Gasteiger partial charge is 0.489 e. The highest BCUT2D eigenvalue weighted by molar-refractivity contribution is 5.73. The lowest BCUT2D eigenvalue weighted by Crippen LogP contribution is -2.25. The van der Waals surface area contributed by atoms with E-state index in [9.17, 15) is 4.79 Å². The van der Waals surface area contributed by atoms with Gasteiger partial charge in [0, 0.05) is 19.0 Å². The van der Waals surface area contributed by atoms with Crippen molar-refractivity contribution >= 4 is 5.91 Å². The highest BCUT2D eigenvalue weighted by Gasteiger charge is 2.29. The smallest absolute Gasteiger partial charge is 0.217 e. The van der Waals surface area contributed by atoms with Crippen molar-refractivity contribution in [1.82, 2.24) is 5.32 Å². The Bertz CT molecular complexity index is 575. The molecule has 3 nitrogen and oxygen atoms in total. The van der Waals surface area contributed by atoms with Crippen LogP contribution in [0.1, 0.15) is 65.2 Å². The van der Waals surface area contributed by atoms with Crippen molar-refractivity contribution < 1.29 is 9.53 Å². The maximum absolute atomic E-state index is 11.3. The summed E-state index contributed by atoms with van der Waals surface area (Å²) in [5.74, 6) is 0.895. The van der Waals surface area contributed by atoms with Gasteiger partial charge in [0.05, 0.1) is 0 Å². The van der Waals surface area contributed by atoms with Gasteiger partial charge in [0.25, 0.3) is 0 Å². The monoisotopic (exact) mass is 317 g/mol. The average Bonchev–Trinajstić information content (AvgIpc) is 2.39. The number of amides is 1. The van der Waals surface area contributed by atoms with E-state index in [4.69, 9.17) is 4.74 Å². The van der Waals surface area contributed by atoms with Gasteiger partial charge >= 0.3 is 0 Å². The van der Waals surface area contributed by atoms with Gasteiger partial charge in [0.15, 0.2) is 0 Å². The van der Waals surface area contributed by atoms with Gasteiger partial charge in [-0.3, -0.25) is 4.79 Å². The minimum absolute atomic E-state index is 0.0248. The number of hydrogen-bond donors (Lipinski definition) is 1. The normalized spacial score (nSPS) is 12.0. The van der Waals surface area contributed by atoms with E-state index < -0.39 is 0 Å². The van der Waals surface area contributed by atoms with E-state index >= 15 is 0 Å². The van der Waals surface area contributed by atoms with E-state index in [0.717, 1.165) is 16.9 Å². The quantitative estimate of drug-likeness (QED) is 0.813. The van der Waals surface area contributed by atoms with Gasteiger partial charge in [-0.15, -0.1) is 0 Å². The molecular weight excluding hydrogens is 286 g/mol. The van der Waals surface area contributed by atoms with E-state index in [-0.39, 0.29) is 16.7 Å². The van der Waals surface area contributed by atoms with Gasteiger partial charge in [-0.2, -0.15) is 0 Å². The van der Waals surface area contributed by atoms with Crippen molar-refractivity contribution in [3.05, 3.63) is 41.5 Å². The lowest BCUT2D eigenvalue weighted by atomic mass is 9.77. The van der Waals surface area contributed by atoms with Crippen molar-refractivity contribution in [2.24, 2.45) is 0 Å². The van der Waals surface area contributed by atoms with E-state index in [2.05, 4.69) is 65.6 Å². The molecule has 1 aromatic carbocycles. The molecule has 0 aliphatic carbocycles. The van der Waals surface area contributed by atoms with Crippen molar-refractivity contribution in [3.8, 4) is 5.75 Å². The Morgan fingerprint density at radius 1 is 1.17 bits per heavy atom. The fourth-order valence-corrected chi connectivity index (χ4v) is 2.70. The molecule has 1 amide bonds. The Balaban J connectivity index is 3.55. The molecule has 0 atom stereocenters. The second-order valence-electron chi connectivity index (χ2n) is 7.99. The lowest BCUT2D eigenvalue weighted by molar-refractivity contribution is -0.119. The number of rotatable bonds is 5. The third kappa shape index (κ3) is 5.12. The zero-order valence-corrected chi connectivity index (χ0v) is 15.7. The Labute approximate surface area is 141 Å². The SMILES string of the molecule is C=CCOc1c(C(C)(C)C)ccc(CNC(C)=O)c1C(C)(C)C. The summed E-state index contributed by atoms with van der Waals surface area (Å²) in [6, 6.07) is 4.22. The molecule has 0 saturated heterocycles. The second-order valence-corrected chi connectivity index (χ2v) is 7.99. The minimum Gasteiger partial charge on any atom is -0.489 e. The molecule has 1 rings (SSSR count). The van der Waals surface area contributed by atoms with Gasteiger partial charge < -0.3 is 10.1 Å². The summed E-state index contributed by atoms with van der Waals surface area (Å²) in [7, 11) is 0. The zero-order valence-electron chi connectivity index (χ0n) is 15.7. The maximum atomic E-state index is 11.3. The van der Waals surface area contributed by atoms with Crippen LogP contribution in [0.3, 0.4) is 0 Å². The van der Waals surface area contributed by atoms with Gasteiger partial charge in [-0.05, 0) is 22.0 Å². The number of nitrogens with one attached hydrogen (secondary N) is 1. The van der Waals surface area contributed by atoms with Gasteiger partial charge in [-0.25, -0.2) is 0 Å². The van der Waals surface area contributed by atoms with E-state index in [0.29, 0.717) is 13.2 Å². The van der Waals surface area contributed by atoms with Crippen LogP contribution in [0, 0.1) is 0 Å². The molecule has 0 aliphatic heterocycles. The maximum Gasteiger partial charge on any atom is 0.217 e. The molecule has 0 bridgehead atoms. The second kappa shape index (κ2) is 7.20. The van der Waals surface area contributed by atoms with Crippen LogP contribution < -0.4 is 10.1 Å². The molecule has 128 valence electrons. The van der Waals surface area contributed by atoms with Gasteiger partial charge in [-0.1, -0.05) is 66.3 Å². The third-order valence-electron chi connectivity index (χ3n) is 3.68. The fourth-order valence-electron chi connectivity index (χ4n) is 2.70. The van der Waals surface area contributed by atoms with E-state index in [1.54, 1.807) is 6.08 Å². The molecule has 0 radical (unpaired) electrons. The van der Waals surface area contributed by atoms with Crippen LogP contribution in [-0.2, 0) is 22.2 Å². The van der Waals surface area contributed by atoms with Crippen LogP contribution in [0.4, 0.5) is 0 Å². The van der Waals surface area contributed by atoms with Crippen molar-refractivity contribution in [2.45, 2.75) is 65.8 Å². The Kier molecular flexibility index (Phi) is 6.04. The topological polar surface area (TPSA) is 38.3 Å². The molecule has 0 fully saturated rings. The number of hydrogen-bond acceptors (Lipinski definition) is 2. The summed E-state index contributed by atoms with van der Waals surface area (Å²) in [6.45, 7) is 19.3. The molecule has 1 N–H and O–H groups in total. The predicted molar refractivity (Wildman–Crippen MR) is 97.1 cm³/mol. The van der Waals surface area contributed by atoms with Crippen LogP contribution in [0.5, 0.6) is 5.75 Å². The number of benzene rings is 1. The molecule has 0 spiro atoms. The van der Waals surface area contributed by atoms with Crippen LogP contribution >= 0.6 is 0 Å². The zero-order chi connectivity index (χ0) is 17.8. The van der Waals surface area contributed by atoms with Crippen molar-refractivity contribution in [2.75, 3.05) is 6.61 Å². The first-order valence-electron chi connectivity index (χ1n) is 8.13. The molecule has 0 aliphatic rings. The molecule has 0 saturated carbocycles. The number of ether oxygens (including phenoxy) is 1. The first-order chi connectivity index (χ1) is 10.5. The third-order valence-corrected chi connectivity index (χ3v) is 3.68.